The van der Waals surface area contributed by atoms with Gasteiger partial charge in [-0.05, 0) is 48.7 Å². The fourth-order valence-corrected chi connectivity index (χ4v) is 4.81. The lowest BCUT2D eigenvalue weighted by molar-refractivity contribution is -0.116. The molecule has 0 atom stereocenters. The summed E-state index contributed by atoms with van der Waals surface area (Å²) in [6.45, 7) is 1.74. The number of ether oxygens (including phenoxy) is 2. The van der Waals surface area contributed by atoms with E-state index in [1.165, 1.54) is 36.7 Å². The first kappa shape index (κ1) is 24.3. The lowest BCUT2D eigenvalue weighted by atomic mass is 10.1. The van der Waals surface area contributed by atoms with Gasteiger partial charge in [0.15, 0.2) is 11.5 Å². The smallest absolute Gasteiger partial charge is 0.243 e. The highest BCUT2D eigenvalue weighted by Gasteiger charge is 2.27. The molecule has 0 unspecified atom stereocenters. The molecule has 33 heavy (non-hydrogen) atoms. The maximum absolute atomic E-state index is 13.5. The molecule has 0 aliphatic rings. The highest BCUT2D eigenvalue weighted by Crippen LogP contribution is 2.30. The van der Waals surface area contributed by atoms with E-state index in [9.17, 15) is 13.2 Å². The number of rotatable bonds is 10. The van der Waals surface area contributed by atoms with Gasteiger partial charge in [0, 0.05) is 18.3 Å². The Morgan fingerprint density at radius 3 is 2.30 bits per heavy atom. The molecule has 0 aliphatic heterocycles. The minimum atomic E-state index is -3.99. The zero-order valence-corrected chi connectivity index (χ0v) is 19.8. The Morgan fingerprint density at radius 1 is 0.909 bits per heavy atom. The summed E-state index contributed by atoms with van der Waals surface area (Å²) in [4.78, 5) is 12.8. The van der Waals surface area contributed by atoms with Gasteiger partial charge in [-0.25, -0.2) is 8.42 Å². The van der Waals surface area contributed by atoms with Crippen LogP contribution in [-0.4, -0.2) is 45.9 Å². The molecule has 3 rings (SSSR count). The van der Waals surface area contributed by atoms with Crippen LogP contribution in [0.4, 0.5) is 5.69 Å². The number of aryl methyl sites for hydroxylation is 1. The first-order valence-corrected chi connectivity index (χ1v) is 11.9. The number of benzene rings is 3. The summed E-state index contributed by atoms with van der Waals surface area (Å²) in [6.07, 6.45) is 0.463. The monoisotopic (exact) mass is 468 g/mol. The van der Waals surface area contributed by atoms with Crippen LogP contribution in [0.3, 0.4) is 0 Å². The number of anilines is 1. The van der Waals surface area contributed by atoms with Crippen LogP contribution in [0.5, 0.6) is 11.5 Å². The Labute approximate surface area is 195 Å². The van der Waals surface area contributed by atoms with Gasteiger partial charge in [0.1, 0.15) is 0 Å². The van der Waals surface area contributed by atoms with Crippen LogP contribution in [0.25, 0.3) is 0 Å². The summed E-state index contributed by atoms with van der Waals surface area (Å²) >= 11 is 0. The molecule has 8 heteroatoms. The van der Waals surface area contributed by atoms with Gasteiger partial charge in [-0.1, -0.05) is 42.5 Å². The van der Waals surface area contributed by atoms with Crippen molar-refractivity contribution in [1.82, 2.24) is 4.31 Å². The number of hydrogen-bond acceptors (Lipinski definition) is 5. The summed E-state index contributed by atoms with van der Waals surface area (Å²) in [6, 6.07) is 21.3. The topological polar surface area (TPSA) is 84.9 Å². The molecule has 0 spiro atoms. The van der Waals surface area contributed by atoms with Gasteiger partial charge in [-0.2, -0.15) is 4.31 Å². The molecule has 3 aromatic rings. The lowest BCUT2D eigenvalue weighted by Crippen LogP contribution is -2.39. The summed E-state index contributed by atoms with van der Waals surface area (Å²) in [5.41, 5.74) is 2.59. The Morgan fingerprint density at radius 2 is 1.64 bits per heavy atom. The van der Waals surface area contributed by atoms with E-state index in [-0.39, 0.29) is 18.0 Å². The molecule has 0 radical (unpaired) electrons. The number of hydrogen-bond donors (Lipinski definition) is 1. The van der Waals surface area contributed by atoms with E-state index in [0.717, 1.165) is 11.1 Å². The van der Waals surface area contributed by atoms with Gasteiger partial charge in [-0.15, -0.1) is 0 Å². The Kier molecular flexibility index (Phi) is 8.08. The van der Waals surface area contributed by atoms with Crippen LogP contribution >= 0.6 is 0 Å². The second kappa shape index (κ2) is 11.0. The fraction of sp³-hybridized carbons (Fsp3) is 0.240. The maximum Gasteiger partial charge on any atom is 0.243 e. The lowest BCUT2D eigenvalue weighted by Gasteiger charge is -2.22. The number of sulfonamides is 1. The Bertz CT molecular complexity index is 1200. The number of nitrogens with zero attached hydrogens (tertiary/aromatic N) is 1. The van der Waals surface area contributed by atoms with Gasteiger partial charge in [0.25, 0.3) is 0 Å². The molecule has 0 fully saturated rings. The van der Waals surface area contributed by atoms with Crippen molar-refractivity contribution < 1.29 is 22.7 Å². The van der Waals surface area contributed by atoms with Gasteiger partial charge in [-0.3, -0.25) is 4.79 Å². The van der Waals surface area contributed by atoms with E-state index >= 15 is 0 Å². The van der Waals surface area contributed by atoms with E-state index in [1.54, 1.807) is 6.07 Å². The minimum absolute atomic E-state index is 0.0246. The van der Waals surface area contributed by atoms with Crippen molar-refractivity contribution in [2.45, 2.75) is 18.2 Å². The molecule has 3 aromatic carbocycles. The molecule has 174 valence electrons. The van der Waals surface area contributed by atoms with Crippen LogP contribution in [0.1, 0.15) is 11.1 Å². The van der Waals surface area contributed by atoms with Crippen LogP contribution in [-0.2, 0) is 21.2 Å². The van der Waals surface area contributed by atoms with Gasteiger partial charge < -0.3 is 14.8 Å². The zero-order valence-electron chi connectivity index (χ0n) is 18.9. The van der Waals surface area contributed by atoms with E-state index in [2.05, 4.69) is 5.32 Å². The fourth-order valence-electron chi connectivity index (χ4n) is 3.39. The highest BCUT2D eigenvalue weighted by atomic mass is 32.2. The second-order valence-electron chi connectivity index (χ2n) is 7.51. The number of amides is 1. The third-order valence-electron chi connectivity index (χ3n) is 5.11. The van der Waals surface area contributed by atoms with Gasteiger partial charge in [0.05, 0.1) is 25.7 Å². The molecule has 0 saturated heterocycles. The van der Waals surface area contributed by atoms with Crippen molar-refractivity contribution in [3.63, 3.8) is 0 Å². The average Bonchev–Trinajstić information content (AvgIpc) is 2.81. The van der Waals surface area contributed by atoms with Crippen molar-refractivity contribution in [2.24, 2.45) is 0 Å². The van der Waals surface area contributed by atoms with E-state index in [1.807, 2.05) is 55.5 Å². The quantitative estimate of drug-likeness (QED) is 0.488. The van der Waals surface area contributed by atoms with Gasteiger partial charge in [0.2, 0.25) is 15.9 Å². The predicted octanol–water partition coefficient (Wildman–Crippen LogP) is 3.88. The highest BCUT2D eigenvalue weighted by molar-refractivity contribution is 7.89. The van der Waals surface area contributed by atoms with Crippen LogP contribution < -0.4 is 14.8 Å². The molecule has 0 aliphatic carbocycles. The van der Waals surface area contributed by atoms with Crippen molar-refractivity contribution in [1.29, 1.82) is 0 Å². The van der Waals surface area contributed by atoms with Crippen LogP contribution in [0, 0.1) is 6.92 Å². The third-order valence-corrected chi connectivity index (χ3v) is 6.95. The van der Waals surface area contributed by atoms with Crippen molar-refractivity contribution >= 4 is 21.6 Å². The third kappa shape index (κ3) is 6.34. The molecular weight excluding hydrogens is 440 g/mol. The van der Waals surface area contributed by atoms with Gasteiger partial charge >= 0.3 is 0 Å². The summed E-state index contributed by atoms with van der Waals surface area (Å²) in [5, 5.41) is 2.79. The molecule has 0 aromatic heterocycles. The summed E-state index contributed by atoms with van der Waals surface area (Å²) in [5.74, 6) is 0.299. The number of nitrogens with one attached hydrogen (secondary N) is 1. The maximum atomic E-state index is 13.5. The Hall–Kier alpha value is -3.36. The molecule has 1 N–H and O–H groups in total. The average molecular weight is 469 g/mol. The largest absolute Gasteiger partial charge is 0.493 e. The van der Waals surface area contributed by atoms with Crippen molar-refractivity contribution in [2.75, 3.05) is 32.6 Å². The normalized spacial score (nSPS) is 11.3. The number of methoxy groups -OCH3 is 2. The SMILES string of the molecule is COc1ccc(S(=O)(=O)N(CCc2ccccc2)CC(=O)Nc2cccc(C)c2)cc1OC. The number of carbonyl (C=O) groups excluding carboxylic acids is 1. The van der Waals surface area contributed by atoms with Crippen molar-refractivity contribution in [3.8, 4) is 11.5 Å². The second-order valence-corrected chi connectivity index (χ2v) is 9.45. The molecule has 0 saturated carbocycles. The van der Waals surface area contributed by atoms with E-state index in [4.69, 9.17) is 9.47 Å². The minimum Gasteiger partial charge on any atom is -0.493 e. The summed E-state index contributed by atoms with van der Waals surface area (Å²) < 4.78 is 38.7. The standard InChI is InChI=1S/C25H28N2O5S/c1-19-8-7-11-21(16-19)26-25(28)18-27(15-14-20-9-5-4-6-10-20)33(29,30)22-12-13-23(31-2)24(17-22)32-3/h4-13,16-17H,14-15,18H2,1-3H3,(H,26,28). The Balaban J connectivity index is 1.87. The molecular formula is C25H28N2O5S. The van der Waals surface area contributed by atoms with E-state index < -0.39 is 15.9 Å². The zero-order chi connectivity index (χ0) is 23.8. The van der Waals surface area contributed by atoms with Crippen LogP contribution in [0.2, 0.25) is 0 Å². The molecule has 0 bridgehead atoms. The van der Waals surface area contributed by atoms with Crippen molar-refractivity contribution in [3.05, 3.63) is 83.9 Å². The first-order chi connectivity index (χ1) is 15.8. The molecule has 1 amide bonds. The van der Waals surface area contributed by atoms with E-state index in [0.29, 0.717) is 23.6 Å². The first-order valence-electron chi connectivity index (χ1n) is 10.5. The van der Waals surface area contributed by atoms with Crippen LogP contribution in [0.15, 0.2) is 77.7 Å². The predicted molar refractivity (Wildman–Crippen MR) is 128 cm³/mol. The molecule has 0 heterocycles. The molecule has 7 nitrogen and oxygen atoms in total. The summed E-state index contributed by atoms with van der Waals surface area (Å²) in [7, 11) is -1.07. The number of carbonyl (C=O) groups is 1.